The molecule has 1 heterocycles. The van der Waals surface area contributed by atoms with E-state index in [1.165, 1.54) is 13.0 Å². The minimum atomic E-state index is -0.0525. The molecule has 0 aromatic heterocycles. The van der Waals surface area contributed by atoms with Crippen molar-refractivity contribution < 1.29 is 9.90 Å². The first-order chi connectivity index (χ1) is 7.18. The molecule has 0 saturated heterocycles. The highest BCUT2D eigenvalue weighted by Gasteiger charge is 2.11. The maximum atomic E-state index is 11.1. The molecule has 0 bridgehead atoms. The van der Waals surface area contributed by atoms with Crippen LogP contribution >= 0.6 is 0 Å². The average molecular weight is 201 g/mol. The molecular formula is C12H11NO2. The Morgan fingerprint density at radius 1 is 1.47 bits per heavy atom. The highest BCUT2D eigenvalue weighted by atomic mass is 16.3. The van der Waals surface area contributed by atoms with Crippen molar-refractivity contribution in [2.75, 3.05) is 0 Å². The zero-order valence-corrected chi connectivity index (χ0v) is 8.40. The standard InChI is InChI=1S/C12H11NO2/c1-8(14)9-4-5-10(12(15)7-9)11-3-2-6-13-11/h2,4-7,15H,3H2,1H3. The van der Waals surface area contributed by atoms with E-state index < -0.39 is 0 Å². The summed E-state index contributed by atoms with van der Waals surface area (Å²) in [4.78, 5) is 15.2. The molecule has 0 atom stereocenters. The van der Waals surface area contributed by atoms with Gasteiger partial charge in [-0.2, -0.15) is 0 Å². The number of rotatable bonds is 2. The summed E-state index contributed by atoms with van der Waals surface area (Å²) in [6.07, 6.45) is 4.37. The van der Waals surface area contributed by atoms with Crippen molar-refractivity contribution in [3.05, 3.63) is 41.6 Å². The molecule has 76 valence electrons. The van der Waals surface area contributed by atoms with Crippen LogP contribution in [0.4, 0.5) is 0 Å². The molecule has 1 aromatic rings. The van der Waals surface area contributed by atoms with Gasteiger partial charge in [-0.25, -0.2) is 0 Å². The lowest BCUT2D eigenvalue weighted by molar-refractivity contribution is 0.101. The number of carbonyl (C=O) groups excluding carboxylic acids is 1. The fourth-order valence-corrected chi connectivity index (χ4v) is 1.53. The number of nitrogens with zero attached hydrogens (tertiary/aromatic N) is 1. The van der Waals surface area contributed by atoms with Gasteiger partial charge in [0, 0.05) is 23.7 Å². The number of aliphatic imine (C=N–C) groups is 1. The third kappa shape index (κ3) is 1.81. The monoisotopic (exact) mass is 201 g/mol. The molecule has 0 radical (unpaired) electrons. The second kappa shape index (κ2) is 3.69. The Kier molecular flexibility index (Phi) is 2.37. The van der Waals surface area contributed by atoms with Crippen molar-refractivity contribution in [2.24, 2.45) is 4.99 Å². The molecule has 2 rings (SSSR count). The van der Waals surface area contributed by atoms with Gasteiger partial charge in [0.2, 0.25) is 0 Å². The topological polar surface area (TPSA) is 49.7 Å². The fourth-order valence-electron chi connectivity index (χ4n) is 1.53. The van der Waals surface area contributed by atoms with Crippen LogP contribution in [-0.2, 0) is 0 Å². The lowest BCUT2D eigenvalue weighted by Gasteiger charge is -2.05. The number of carbonyl (C=O) groups is 1. The smallest absolute Gasteiger partial charge is 0.159 e. The molecule has 0 amide bonds. The number of hydrogen-bond donors (Lipinski definition) is 1. The molecule has 0 aliphatic carbocycles. The van der Waals surface area contributed by atoms with E-state index in [9.17, 15) is 9.90 Å². The normalized spacial score (nSPS) is 14.1. The minimum absolute atomic E-state index is 0.0525. The van der Waals surface area contributed by atoms with Crippen LogP contribution in [0, 0.1) is 0 Å². The zero-order valence-electron chi connectivity index (χ0n) is 8.40. The molecule has 15 heavy (non-hydrogen) atoms. The molecule has 1 aliphatic heterocycles. The summed E-state index contributed by atoms with van der Waals surface area (Å²) < 4.78 is 0. The van der Waals surface area contributed by atoms with Crippen LogP contribution in [0.15, 0.2) is 35.5 Å². The molecule has 1 N–H and O–H groups in total. The zero-order chi connectivity index (χ0) is 10.8. The lowest BCUT2D eigenvalue weighted by Crippen LogP contribution is -1.99. The summed E-state index contributed by atoms with van der Waals surface area (Å²) in [5.74, 6) is 0.0634. The van der Waals surface area contributed by atoms with E-state index in [1.54, 1.807) is 18.3 Å². The van der Waals surface area contributed by atoms with Crippen LogP contribution in [0.2, 0.25) is 0 Å². The average Bonchev–Trinajstić information content (AvgIpc) is 2.70. The highest BCUT2D eigenvalue weighted by Crippen LogP contribution is 2.23. The minimum Gasteiger partial charge on any atom is -0.507 e. The van der Waals surface area contributed by atoms with Gasteiger partial charge in [-0.15, -0.1) is 0 Å². The van der Waals surface area contributed by atoms with Crippen LogP contribution in [0.1, 0.15) is 29.3 Å². The summed E-state index contributed by atoms with van der Waals surface area (Å²) in [5.41, 5.74) is 2.05. The van der Waals surface area contributed by atoms with Crippen molar-refractivity contribution >= 4 is 11.5 Å². The SMILES string of the molecule is CC(=O)c1ccc(C2=NC=CC2)c(O)c1. The molecule has 1 aromatic carbocycles. The fraction of sp³-hybridized carbons (Fsp3) is 0.167. The van der Waals surface area contributed by atoms with Gasteiger partial charge in [0.25, 0.3) is 0 Å². The number of phenolic OH excluding ortho intramolecular Hbond substituents is 1. The van der Waals surface area contributed by atoms with Crippen molar-refractivity contribution in [3.8, 4) is 5.75 Å². The van der Waals surface area contributed by atoms with Crippen molar-refractivity contribution in [3.63, 3.8) is 0 Å². The van der Waals surface area contributed by atoms with Gasteiger partial charge in [0.05, 0.1) is 5.71 Å². The van der Waals surface area contributed by atoms with Crippen LogP contribution in [-0.4, -0.2) is 16.6 Å². The van der Waals surface area contributed by atoms with Crippen LogP contribution in [0.25, 0.3) is 0 Å². The second-order valence-electron chi connectivity index (χ2n) is 3.45. The van der Waals surface area contributed by atoms with E-state index in [1.807, 2.05) is 6.08 Å². The number of aromatic hydroxyl groups is 1. The quantitative estimate of drug-likeness (QED) is 0.746. The van der Waals surface area contributed by atoms with E-state index in [0.29, 0.717) is 11.1 Å². The summed E-state index contributed by atoms with van der Waals surface area (Å²) in [5, 5.41) is 9.74. The highest BCUT2D eigenvalue weighted by molar-refractivity contribution is 6.06. The van der Waals surface area contributed by atoms with Crippen molar-refractivity contribution in [1.82, 2.24) is 0 Å². The Morgan fingerprint density at radius 3 is 2.80 bits per heavy atom. The number of allylic oxidation sites excluding steroid dienone is 1. The van der Waals surface area contributed by atoms with E-state index in [4.69, 9.17) is 0 Å². The van der Waals surface area contributed by atoms with Gasteiger partial charge in [-0.05, 0) is 19.1 Å². The second-order valence-corrected chi connectivity index (χ2v) is 3.45. The Bertz CT molecular complexity index is 473. The predicted molar refractivity (Wildman–Crippen MR) is 58.4 cm³/mol. The molecule has 0 fully saturated rings. The van der Waals surface area contributed by atoms with Gasteiger partial charge in [0.15, 0.2) is 5.78 Å². The summed E-state index contributed by atoms with van der Waals surface area (Å²) in [6, 6.07) is 4.93. The molecular weight excluding hydrogens is 190 g/mol. The maximum absolute atomic E-state index is 11.1. The Labute approximate surface area is 87.8 Å². The number of ketones is 1. The number of phenols is 1. The largest absolute Gasteiger partial charge is 0.507 e. The van der Waals surface area contributed by atoms with Gasteiger partial charge < -0.3 is 5.11 Å². The number of benzene rings is 1. The molecule has 1 aliphatic rings. The van der Waals surface area contributed by atoms with Crippen LogP contribution in [0.3, 0.4) is 0 Å². The van der Waals surface area contributed by atoms with Gasteiger partial charge in [-0.1, -0.05) is 12.1 Å². The van der Waals surface area contributed by atoms with Crippen molar-refractivity contribution in [1.29, 1.82) is 0 Å². The predicted octanol–water partition coefficient (Wildman–Crippen LogP) is 2.30. The molecule has 0 spiro atoms. The van der Waals surface area contributed by atoms with E-state index >= 15 is 0 Å². The van der Waals surface area contributed by atoms with Crippen LogP contribution < -0.4 is 0 Å². The van der Waals surface area contributed by atoms with Crippen molar-refractivity contribution in [2.45, 2.75) is 13.3 Å². The Balaban J connectivity index is 2.39. The van der Waals surface area contributed by atoms with E-state index in [2.05, 4.69) is 4.99 Å². The summed E-state index contributed by atoms with van der Waals surface area (Å²) >= 11 is 0. The summed E-state index contributed by atoms with van der Waals surface area (Å²) in [7, 11) is 0. The van der Waals surface area contributed by atoms with Gasteiger partial charge >= 0.3 is 0 Å². The maximum Gasteiger partial charge on any atom is 0.159 e. The van der Waals surface area contributed by atoms with E-state index in [-0.39, 0.29) is 11.5 Å². The van der Waals surface area contributed by atoms with E-state index in [0.717, 1.165) is 12.1 Å². The third-order valence-electron chi connectivity index (χ3n) is 2.36. The Morgan fingerprint density at radius 2 is 2.27 bits per heavy atom. The first kappa shape index (κ1) is 9.65. The number of Topliss-reactive ketones (excluding diaryl/α,β-unsaturated/α-hetero) is 1. The first-order valence-corrected chi connectivity index (χ1v) is 4.74. The van der Waals surface area contributed by atoms with Gasteiger partial charge in [-0.3, -0.25) is 9.79 Å². The Hall–Kier alpha value is -1.90. The van der Waals surface area contributed by atoms with Gasteiger partial charge in [0.1, 0.15) is 5.75 Å². The molecule has 0 unspecified atom stereocenters. The molecule has 3 heteroatoms. The molecule has 3 nitrogen and oxygen atoms in total. The van der Waals surface area contributed by atoms with Crippen LogP contribution in [0.5, 0.6) is 5.75 Å². The first-order valence-electron chi connectivity index (χ1n) is 4.74. The molecule has 0 saturated carbocycles. The summed E-state index contributed by atoms with van der Waals surface area (Å²) in [6.45, 7) is 1.48. The number of hydrogen-bond acceptors (Lipinski definition) is 3. The lowest BCUT2D eigenvalue weighted by atomic mass is 10.0. The third-order valence-corrected chi connectivity index (χ3v) is 2.36.